The van der Waals surface area contributed by atoms with E-state index in [1.807, 2.05) is 0 Å². The van der Waals surface area contributed by atoms with Crippen molar-refractivity contribution >= 4 is 5.97 Å². The van der Waals surface area contributed by atoms with Gasteiger partial charge in [-0.05, 0) is 26.2 Å². The maximum Gasteiger partial charge on any atom is 0.306 e. The Bertz CT molecular complexity index is 293. The fourth-order valence-electron chi connectivity index (χ4n) is 2.75. The predicted octanol–water partition coefficient (Wildman–Crippen LogP) is 3.99. The first-order chi connectivity index (χ1) is 10.7. The largest absolute Gasteiger partial charge is 0.460 e. The molecule has 3 unspecified atom stereocenters. The zero-order valence-electron chi connectivity index (χ0n) is 14.4. The molecule has 0 amide bonds. The molecule has 0 aromatic rings. The van der Waals surface area contributed by atoms with E-state index < -0.39 is 0 Å². The van der Waals surface area contributed by atoms with E-state index in [4.69, 9.17) is 14.6 Å². The highest BCUT2D eigenvalue weighted by Gasteiger charge is 2.36. The van der Waals surface area contributed by atoms with Gasteiger partial charge in [-0.3, -0.25) is 4.79 Å². The molecular formula is C18H34O4. The van der Waals surface area contributed by atoms with Crippen molar-refractivity contribution < 1.29 is 19.4 Å². The van der Waals surface area contributed by atoms with Gasteiger partial charge in [0.1, 0.15) is 6.10 Å². The predicted molar refractivity (Wildman–Crippen MR) is 87.8 cm³/mol. The lowest BCUT2D eigenvalue weighted by Crippen LogP contribution is -2.18. The SMILES string of the molecule is CCCCCC1OC1CCCCCCCC(=O)OC(C)CO. The normalized spacial score (nSPS) is 21.6. The van der Waals surface area contributed by atoms with Gasteiger partial charge in [0.15, 0.2) is 0 Å². The van der Waals surface area contributed by atoms with Crippen molar-refractivity contribution in [2.45, 2.75) is 103 Å². The summed E-state index contributed by atoms with van der Waals surface area (Å²) in [6, 6.07) is 0. The Morgan fingerprint density at radius 3 is 2.27 bits per heavy atom. The molecule has 1 aliphatic heterocycles. The molecule has 4 heteroatoms. The minimum absolute atomic E-state index is 0.103. The van der Waals surface area contributed by atoms with Gasteiger partial charge in [-0.1, -0.05) is 51.9 Å². The van der Waals surface area contributed by atoms with Gasteiger partial charge in [-0.15, -0.1) is 0 Å². The standard InChI is InChI=1S/C18H34O4/c1-3-4-8-11-16-17(22-16)12-9-6-5-7-10-13-18(20)21-15(2)14-19/h15-17,19H,3-14H2,1-2H3. The third kappa shape index (κ3) is 9.42. The van der Waals surface area contributed by atoms with Crippen molar-refractivity contribution in [1.29, 1.82) is 0 Å². The van der Waals surface area contributed by atoms with Crippen LogP contribution in [0, 0.1) is 0 Å². The lowest BCUT2D eigenvalue weighted by Gasteiger charge is -2.09. The van der Waals surface area contributed by atoms with E-state index in [2.05, 4.69) is 6.92 Å². The van der Waals surface area contributed by atoms with E-state index in [-0.39, 0.29) is 18.7 Å². The van der Waals surface area contributed by atoms with Crippen molar-refractivity contribution in [3.05, 3.63) is 0 Å². The lowest BCUT2D eigenvalue weighted by atomic mass is 10.0. The van der Waals surface area contributed by atoms with Gasteiger partial charge in [0.25, 0.3) is 0 Å². The molecule has 4 nitrogen and oxygen atoms in total. The minimum atomic E-state index is -0.378. The Balaban J connectivity index is 1.82. The summed E-state index contributed by atoms with van der Waals surface area (Å²) in [5, 5.41) is 8.79. The summed E-state index contributed by atoms with van der Waals surface area (Å²) in [6.07, 6.45) is 13.1. The summed E-state index contributed by atoms with van der Waals surface area (Å²) in [5.41, 5.74) is 0. The number of carbonyl (C=O) groups excluding carboxylic acids is 1. The van der Waals surface area contributed by atoms with Crippen molar-refractivity contribution in [1.82, 2.24) is 0 Å². The molecule has 1 aliphatic rings. The highest BCUT2D eigenvalue weighted by Crippen LogP contribution is 2.31. The quantitative estimate of drug-likeness (QED) is 0.299. The Morgan fingerprint density at radius 1 is 1.05 bits per heavy atom. The van der Waals surface area contributed by atoms with E-state index in [9.17, 15) is 4.79 Å². The molecule has 0 aliphatic carbocycles. The molecular weight excluding hydrogens is 280 g/mol. The highest BCUT2D eigenvalue weighted by molar-refractivity contribution is 5.69. The maximum absolute atomic E-state index is 11.4. The van der Waals surface area contributed by atoms with Crippen LogP contribution in [0.2, 0.25) is 0 Å². The summed E-state index contributed by atoms with van der Waals surface area (Å²) in [5.74, 6) is -0.192. The zero-order chi connectivity index (χ0) is 16.2. The molecule has 3 atom stereocenters. The molecule has 1 rings (SSSR count). The van der Waals surface area contributed by atoms with Crippen LogP contribution in [0.4, 0.5) is 0 Å². The number of hydrogen-bond acceptors (Lipinski definition) is 4. The first-order valence-corrected chi connectivity index (χ1v) is 9.13. The number of hydrogen-bond donors (Lipinski definition) is 1. The summed E-state index contributed by atoms with van der Waals surface area (Å²) < 4.78 is 10.7. The van der Waals surface area contributed by atoms with Gasteiger partial charge >= 0.3 is 5.97 Å². The van der Waals surface area contributed by atoms with Crippen LogP contribution in [-0.2, 0) is 14.3 Å². The molecule has 0 saturated carbocycles. The van der Waals surface area contributed by atoms with Gasteiger partial charge in [0.05, 0.1) is 18.8 Å². The number of aliphatic hydroxyl groups is 1. The van der Waals surface area contributed by atoms with Crippen molar-refractivity contribution in [2.24, 2.45) is 0 Å². The molecule has 0 radical (unpaired) electrons. The van der Waals surface area contributed by atoms with E-state index >= 15 is 0 Å². The molecule has 130 valence electrons. The molecule has 0 spiro atoms. The number of aliphatic hydroxyl groups excluding tert-OH is 1. The van der Waals surface area contributed by atoms with E-state index in [1.54, 1.807) is 6.92 Å². The monoisotopic (exact) mass is 314 g/mol. The van der Waals surface area contributed by atoms with Crippen LogP contribution >= 0.6 is 0 Å². The molecule has 1 N–H and O–H groups in total. The minimum Gasteiger partial charge on any atom is -0.460 e. The third-order valence-electron chi connectivity index (χ3n) is 4.24. The van der Waals surface area contributed by atoms with Crippen LogP contribution in [-0.4, -0.2) is 36.0 Å². The molecule has 1 saturated heterocycles. The van der Waals surface area contributed by atoms with Crippen molar-refractivity contribution in [2.75, 3.05) is 6.61 Å². The van der Waals surface area contributed by atoms with Crippen LogP contribution in [0.1, 0.15) is 84.5 Å². The third-order valence-corrected chi connectivity index (χ3v) is 4.24. The summed E-state index contributed by atoms with van der Waals surface area (Å²) >= 11 is 0. The second-order valence-electron chi connectivity index (χ2n) is 6.50. The number of rotatable bonds is 14. The Hall–Kier alpha value is -0.610. The Labute approximate surface area is 135 Å². The van der Waals surface area contributed by atoms with Gasteiger partial charge in [-0.25, -0.2) is 0 Å². The average Bonchev–Trinajstić information content (AvgIpc) is 3.24. The van der Waals surface area contributed by atoms with Crippen LogP contribution in [0.25, 0.3) is 0 Å². The molecule has 1 heterocycles. The summed E-state index contributed by atoms with van der Waals surface area (Å²) in [7, 11) is 0. The number of unbranched alkanes of at least 4 members (excludes halogenated alkanes) is 6. The van der Waals surface area contributed by atoms with Gasteiger partial charge in [0, 0.05) is 6.42 Å². The van der Waals surface area contributed by atoms with Gasteiger partial charge in [-0.2, -0.15) is 0 Å². The van der Waals surface area contributed by atoms with Crippen LogP contribution in [0.15, 0.2) is 0 Å². The highest BCUT2D eigenvalue weighted by atomic mass is 16.6. The zero-order valence-corrected chi connectivity index (χ0v) is 14.4. The van der Waals surface area contributed by atoms with Crippen LogP contribution in [0.3, 0.4) is 0 Å². The number of esters is 1. The maximum atomic E-state index is 11.4. The lowest BCUT2D eigenvalue weighted by molar-refractivity contribution is -0.150. The smallest absolute Gasteiger partial charge is 0.306 e. The second-order valence-corrected chi connectivity index (χ2v) is 6.50. The first kappa shape index (κ1) is 19.4. The van der Waals surface area contributed by atoms with Crippen LogP contribution < -0.4 is 0 Å². The second kappa shape index (κ2) is 11.9. The van der Waals surface area contributed by atoms with E-state index in [0.29, 0.717) is 18.6 Å². The van der Waals surface area contributed by atoms with E-state index in [1.165, 1.54) is 51.4 Å². The van der Waals surface area contributed by atoms with Gasteiger partial charge < -0.3 is 14.6 Å². The van der Waals surface area contributed by atoms with E-state index in [0.717, 1.165) is 12.8 Å². The van der Waals surface area contributed by atoms with Crippen molar-refractivity contribution in [3.8, 4) is 0 Å². The fraction of sp³-hybridized carbons (Fsp3) is 0.944. The first-order valence-electron chi connectivity index (χ1n) is 9.13. The van der Waals surface area contributed by atoms with Crippen LogP contribution in [0.5, 0.6) is 0 Å². The summed E-state index contributed by atoms with van der Waals surface area (Å²) in [6.45, 7) is 3.83. The topological polar surface area (TPSA) is 59.1 Å². The Kier molecular flexibility index (Phi) is 10.5. The molecule has 0 aromatic carbocycles. The van der Waals surface area contributed by atoms with Gasteiger partial charge in [0.2, 0.25) is 0 Å². The number of carbonyl (C=O) groups is 1. The summed E-state index contributed by atoms with van der Waals surface area (Å²) in [4.78, 5) is 11.4. The molecule has 0 bridgehead atoms. The number of ether oxygens (including phenoxy) is 2. The van der Waals surface area contributed by atoms with Crippen molar-refractivity contribution in [3.63, 3.8) is 0 Å². The molecule has 0 aromatic heterocycles. The number of epoxide rings is 1. The average molecular weight is 314 g/mol. The fourth-order valence-corrected chi connectivity index (χ4v) is 2.75. The molecule has 22 heavy (non-hydrogen) atoms. The molecule has 1 fully saturated rings. The Morgan fingerprint density at radius 2 is 1.64 bits per heavy atom.